The molecule has 0 amide bonds. The van der Waals surface area contributed by atoms with Crippen LogP contribution in [0.5, 0.6) is 0 Å². The molecule has 0 radical (unpaired) electrons. The van der Waals surface area contributed by atoms with Crippen molar-refractivity contribution in [1.82, 2.24) is 5.16 Å². The third-order valence-corrected chi connectivity index (χ3v) is 3.49. The van der Waals surface area contributed by atoms with Crippen molar-refractivity contribution in [3.05, 3.63) is 17.5 Å². The van der Waals surface area contributed by atoms with Crippen LogP contribution < -0.4 is 5.73 Å². The highest BCUT2D eigenvalue weighted by Crippen LogP contribution is 2.43. The van der Waals surface area contributed by atoms with Crippen molar-refractivity contribution in [3.63, 3.8) is 0 Å². The van der Waals surface area contributed by atoms with Crippen LogP contribution in [-0.2, 0) is 10.8 Å². The first-order chi connectivity index (χ1) is 6.98. The Morgan fingerprint density at radius 1 is 1.47 bits per heavy atom. The average Bonchev–Trinajstić information content (AvgIpc) is 2.51. The molecule has 1 aromatic heterocycles. The van der Waals surface area contributed by atoms with Crippen LogP contribution in [0.25, 0.3) is 0 Å². The van der Waals surface area contributed by atoms with Crippen molar-refractivity contribution in [2.45, 2.75) is 50.9 Å². The Hall–Kier alpha value is -0.830. The summed E-state index contributed by atoms with van der Waals surface area (Å²) in [6.07, 6.45) is 3.56. The van der Waals surface area contributed by atoms with E-state index in [1.165, 1.54) is 6.42 Å². The van der Waals surface area contributed by atoms with Crippen LogP contribution in [0.4, 0.5) is 0 Å². The molecule has 0 atom stereocenters. The molecule has 3 heteroatoms. The first-order valence-corrected chi connectivity index (χ1v) is 5.66. The van der Waals surface area contributed by atoms with Crippen molar-refractivity contribution in [2.24, 2.45) is 5.73 Å². The Balaban J connectivity index is 2.27. The molecule has 0 unspecified atom stereocenters. The van der Waals surface area contributed by atoms with E-state index in [1.807, 2.05) is 0 Å². The second-order valence-electron chi connectivity index (χ2n) is 5.66. The minimum absolute atomic E-state index is 0.0325. The van der Waals surface area contributed by atoms with E-state index in [0.29, 0.717) is 6.54 Å². The molecule has 15 heavy (non-hydrogen) atoms. The van der Waals surface area contributed by atoms with Gasteiger partial charge in [-0.2, -0.15) is 0 Å². The summed E-state index contributed by atoms with van der Waals surface area (Å²) < 4.78 is 5.41. The van der Waals surface area contributed by atoms with Gasteiger partial charge in [-0.3, -0.25) is 0 Å². The number of hydrogen-bond donors (Lipinski definition) is 1. The van der Waals surface area contributed by atoms with E-state index in [-0.39, 0.29) is 10.8 Å². The van der Waals surface area contributed by atoms with E-state index in [9.17, 15) is 0 Å². The zero-order valence-electron chi connectivity index (χ0n) is 9.84. The highest BCUT2D eigenvalue weighted by atomic mass is 16.5. The lowest BCUT2D eigenvalue weighted by molar-refractivity contribution is 0.230. The molecule has 2 N–H and O–H groups in total. The van der Waals surface area contributed by atoms with Crippen LogP contribution in [0, 0.1) is 0 Å². The summed E-state index contributed by atoms with van der Waals surface area (Å²) in [6.45, 7) is 7.08. The highest BCUT2D eigenvalue weighted by Gasteiger charge is 2.40. The standard InChI is InChI=1S/C12H20N2O/c1-11(2,3)10-7-9(14-15-10)12(8-13)5-4-6-12/h7H,4-6,8,13H2,1-3H3. The first kappa shape index (κ1) is 10.7. The molecule has 0 saturated heterocycles. The molecule has 0 spiro atoms. The van der Waals surface area contributed by atoms with Crippen molar-refractivity contribution in [3.8, 4) is 0 Å². The van der Waals surface area contributed by atoms with Gasteiger partial charge >= 0.3 is 0 Å². The number of nitrogens with two attached hydrogens (primary N) is 1. The van der Waals surface area contributed by atoms with Crippen LogP contribution in [0.2, 0.25) is 0 Å². The van der Waals surface area contributed by atoms with E-state index in [4.69, 9.17) is 10.3 Å². The predicted octanol–water partition coefficient (Wildman–Crippen LogP) is 2.35. The van der Waals surface area contributed by atoms with E-state index >= 15 is 0 Å². The van der Waals surface area contributed by atoms with Gasteiger partial charge in [-0.1, -0.05) is 32.3 Å². The van der Waals surface area contributed by atoms with Crippen LogP contribution in [0.3, 0.4) is 0 Å². The molecule has 1 fully saturated rings. The van der Waals surface area contributed by atoms with E-state index in [0.717, 1.165) is 24.3 Å². The lowest BCUT2D eigenvalue weighted by atomic mass is 9.66. The molecule has 3 nitrogen and oxygen atoms in total. The SMILES string of the molecule is CC(C)(C)c1cc(C2(CN)CCC2)no1. The lowest BCUT2D eigenvalue weighted by Crippen LogP contribution is -2.41. The second-order valence-corrected chi connectivity index (χ2v) is 5.66. The molecule has 84 valence electrons. The summed E-state index contributed by atoms with van der Waals surface area (Å²) in [5.41, 5.74) is 7.04. The fourth-order valence-electron chi connectivity index (χ4n) is 2.05. The normalized spacial score (nSPS) is 20.0. The van der Waals surface area contributed by atoms with Crippen molar-refractivity contribution >= 4 is 0 Å². The van der Waals surface area contributed by atoms with Gasteiger partial charge in [0.05, 0.1) is 5.69 Å². The Morgan fingerprint density at radius 2 is 2.13 bits per heavy atom. The maximum absolute atomic E-state index is 5.84. The predicted molar refractivity (Wildman–Crippen MR) is 59.8 cm³/mol. The minimum Gasteiger partial charge on any atom is -0.361 e. The van der Waals surface area contributed by atoms with Gasteiger partial charge in [-0.25, -0.2) is 0 Å². The van der Waals surface area contributed by atoms with Gasteiger partial charge in [-0.15, -0.1) is 0 Å². The quantitative estimate of drug-likeness (QED) is 0.811. The summed E-state index contributed by atoms with van der Waals surface area (Å²) >= 11 is 0. The van der Waals surface area contributed by atoms with Crippen LogP contribution in [0.1, 0.15) is 51.5 Å². The lowest BCUT2D eigenvalue weighted by Gasteiger charge is -2.38. The van der Waals surface area contributed by atoms with Gasteiger partial charge in [0.25, 0.3) is 0 Å². The second kappa shape index (κ2) is 3.34. The number of nitrogens with zero attached hydrogens (tertiary/aromatic N) is 1. The Kier molecular flexibility index (Phi) is 2.38. The Labute approximate surface area is 91.0 Å². The molecular weight excluding hydrogens is 188 g/mol. The van der Waals surface area contributed by atoms with E-state index in [1.54, 1.807) is 0 Å². The fourth-order valence-corrected chi connectivity index (χ4v) is 2.05. The van der Waals surface area contributed by atoms with E-state index < -0.39 is 0 Å². The van der Waals surface area contributed by atoms with Gasteiger partial charge in [0.1, 0.15) is 5.76 Å². The molecule has 1 aliphatic rings. The number of rotatable bonds is 2. The Bertz CT molecular complexity index is 339. The van der Waals surface area contributed by atoms with Crippen LogP contribution in [0.15, 0.2) is 10.6 Å². The number of aromatic nitrogens is 1. The smallest absolute Gasteiger partial charge is 0.142 e. The van der Waals surface area contributed by atoms with Crippen molar-refractivity contribution < 1.29 is 4.52 Å². The van der Waals surface area contributed by atoms with Gasteiger partial charge in [-0.05, 0) is 12.8 Å². The molecule has 0 bridgehead atoms. The minimum atomic E-state index is 0.0325. The summed E-state index contributed by atoms with van der Waals surface area (Å²) in [6, 6.07) is 2.09. The van der Waals surface area contributed by atoms with Gasteiger partial charge < -0.3 is 10.3 Å². The van der Waals surface area contributed by atoms with E-state index in [2.05, 4.69) is 32.0 Å². The highest BCUT2D eigenvalue weighted by molar-refractivity contribution is 5.24. The van der Waals surface area contributed by atoms with Gasteiger partial charge in [0.15, 0.2) is 0 Å². The van der Waals surface area contributed by atoms with Crippen LogP contribution in [-0.4, -0.2) is 11.7 Å². The first-order valence-electron chi connectivity index (χ1n) is 5.66. The summed E-state index contributed by atoms with van der Waals surface area (Å²) in [5, 5.41) is 4.19. The molecule has 1 heterocycles. The van der Waals surface area contributed by atoms with Crippen LogP contribution >= 0.6 is 0 Å². The Morgan fingerprint density at radius 3 is 2.47 bits per heavy atom. The van der Waals surface area contributed by atoms with Crippen molar-refractivity contribution in [2.75, 3.05) is 6.54 Å². The molecule has 1 aromatic rings. The third-order valence-electron chi connectivity index (χ3n) is 3.49. The van der Waals surface area contributed by atoms with Crippen molar-refractivity contribution in [1.29, 1.82) is 0 Å². The molecule has 2 rings (SSSR count). The monoisotopic (exact) mass is 208 g/mol. The summed E-state index contributed by atoms with van der Waals surface area (Å²) in [7, 11) is 0. The zero-order valence-corrected chi connectivity index (χ0v) is 9.84. The average molecular weight is 208 g/mol. The molecule has 1 aliphatic carbocycles. The molecule has 0 aromatic carbocycles. The molecule has 0 aliphatic heterocycles. The maximum atomic E-state index is 5.84. The van der Waals surface area contributed by atoms with Gasteiger partial charge in [0, 0.05) is 23.4 Å². The third kappa shape index (κ3) is 1.69. The largest absolute Gasteiger partial charge is 0.361 e. The molecule has 1 saturated carbocycles. The summed E-state index contributed by atoms with van der Waals surface area (Å²) in [4.78, 5) is 0. The number of hydrogen-bond acceptors (Lipinski definition) is 3. The zero-order chi connectivity index (χ0) is 11.1. The summed E-state index contributed by atoms with van der Waals surface area (Å²) in [5.74, 6) is 0.956. The van der Waals surface area contributed by atoms with Gasteiger partial charge in [0.2, 0.25) is 0 Å². The topological polar surface area (TPSA) is 52.0 Å². The maximum Gasteiger partial charge on any atom is 0.142 e. The molecular formula is C12H20N2O. The fraction of sp³-hybridized carbons (Fsp3) is 0.750.